The lowest BCUT2D eigenvalue weighted by atomic mass is 9.99. The summed E-state index contributed by atoms with van der Waals surface area (Å²) in [6.45, 7) is 7.47. The van der Waals surface area contributed by atoms with E-state index in [1.165, 1.54) is 0 Å². The van der Waals surface area contributed by atoms with E-state index in [0.29, 0.717) is 19.4 Å². The average molecular weight is 448 g/mol. The van der Waals surface area contributed by atoms with Crippen LogP contribution in [-0.2, 0) is 19.2 Å². The van der Waals surface area contributed by atoms with Gasteiger partial charge in [0.05, 0.1) is 6.04 Å². The second kappa shape index (κ2) is 14.2. The maximum atomic E-state index is 12.8. The van der Waals surface area contributed by atoms with E-state index in [2.05, 4.69) is 28.6 Å². The standard InChI is InChI=1S/C19H37N5O5S/c1-10(2)14(17(26)22-13(9-30)19(28)29)24-18(27)15(11(3)4)23-16(25)12(21)7-5-6-8-20/h10-15,30H,5-9,20-21H2,1-4H3,(H,22,26)(H,23,25)(H,24,27)(H,28,29). The minimum Gasteiger partial charge on any atom is -0.480 e. The van der Waals surface area contributed by atoms with E-state index in [9.17, 15) is 19.2 Å². The van der Waals surface area contributed by atoms with Crippen LogP contribution in [0, 0.1) is 11.8 Å². The molecule has 0 aliphatic rings. The smallest absolute Gasteiger partial charge is 0.327 e. The zero-order valence-corrected chi connectivity index (χ0v) is 19.1. The van der Waals surface area contributed by atoms with Gasteiger partial charge in [0.2, 0.25) is 17.7 Å². The van der Waals surface area contributed by atoms with Crippen LogP contribution < -0.4 is 27.4 Å². The number of carbonyl (C=O) groups excluding carboxylic acids is 3. The van der Waals surface area contributed by atoms with E-state index < -0.39 is 47.9 Å². The zero-order valence-electron chi connectivity index (χ0n) is 18.2. The fourth-order valence-electron chi connectivity index (χ4n) is 2.66. The third kappa shape index (κ3) is 9.77. The molecule has 10 nitrogen and oxygen atoms in total. The van der Waals surface area contributed by atoms with Gasteiger partial charge in [-0.15, -0.1) is 0 Å². The highest BCUT2D eigenvalue weighted by atomic mass is 32.1. The van der Waals surface area contributed by atoms with Crippen LogP contribution in [0.5, 0.6) is 0 Å². The van der Waals surface area contributed by atoms with Gasteiger partial charge >= 0.3 is 5.97 Å². The maximum absolute atomic E-state index is 12.8. The predicted octanol–water partition coefficient (Wildman–Crippen LogP) is -0.776. The number of nitrogens with two attached hydrogens (primary N) is 2. The van der Waals surface area contributed by atoms with Gasteiger partial charge in [-0.25, -0.2) is 4.79 Å². The van der Waals surface area contributed by atoms with Crippen LogP contribution in [0.2, 0.25) is 0 Å². The number of amides is 3. The van der Waals surface area contributed by atoms with E-state index in [1.54, 1.807) is 27.7 Å². The van der Waals surface area contributed by atoms with Gasteiger partial charge in [-0.1, -0.05) is 34.1 Å². The lowest BCUT2D eigenvalue weighted by molar-refractivity contribution is -0.142. The molecule has 0 aliphatic heterocycles. The molecule has 0 heterocycles. The summed E-state index contributed by atoms with van der Waals surface area (Å²) in [7, 11) is 0. The monoisotopic (exact) mass is 447 g/mol. The van der Waals surface area contributed by atoms with E-state index >= 15 is 0 Å². The predicted molar refractivity (Wildman–Crippen MR) is 118 cm³/mol. The van der Waals surface area contributed by atoms with Crippen molar-refractivity contribution < 1.29 is 24.3 Å². The molecule has 4 unspecified atom stereocenters. The van der Waals surface area contributed by atoms with E-state index in [0.717, 1.165) is 6.42 Å². The van der Waals surface area contributed by atoms with Crippen molar-refractivity contribution in [3.8, 4) is 0 Å². The Morgan fingerprint density at radius 3 is 1.73 bits per heavy atom. The van der Waals surface area contributed by atoms with Crippen molar-refractivity contribution in [3.05, 3.63) is 0 Å². The molecule has 11 heteroatoms. The van der Waals surface area contributed by atoms with Gasteiger partial charge in [0.1, 0.15) is 18.1 Å². The van der Waals surface area contributed by atoms with E-state index in [4.69, 9.17) is 16.6 Å². The fourth-order valence-corrected chi connectivity index (χ4v) is 2.91. The van der Waals surface area contributed by atoms with Gasteiger partial charge in [-0.05, 0) is 31.2 Å². The molecule has 4 atom stereocenters. The first-order chi connectivity index (χ1) is 14.0. The molecule has 0 fully saturated rings. The van der Waals surface area contributed by atoms with E-state index in [-0.39, 0.29) is 17.6 Å². The minimum atomic E-state index is -1.22. The molecule has 3 amide bonds. The number of thiol groups is 1. The van der Waals surface area contributed by atoms with Gasteiger partial charge in [0.25, 0.3) is 0 Å². The molecule has 30 heavy (non-hydrogen) atoms. The van der Waals surface area contributed by atoms with Gasteiger partial charge in [-0.3, -0.25) is 14.4 Å². The molecule has 0 bridgehead atoms. The Morgan fingerprint density at radius 1 is 0.867 bits per heavy atom. The quantitative estimate of drug-likeness (QED) is 0.135. The fraction of sp³-hybridized carbons (Fsp3) is 0.789. The molecule has 174 valence electrons. The average Bonchev–Trinajstić information content (AvgIpc) is 2.66. The Balaban J connectivity index is 5.16. The first-order valence-corrected chi connectivity index (χ1v) is 10.8. The van der Waals surface area contributed by atoms with Crippen molar-refractivity contribution in [2.24, 2.45) is 23.3 Å². The lowest BCUT2D eigenvalue weighted by Gasteiger charge is -2.28. The molecular weight excluding hydrogens is 410 g/mol. The van der Waals surface area contributed by atoms with Crippen LogP contribution in [0.4, 0.5) is 0 Å². The molecule has 0 aromatic rings. The Hall–Kier alpha value is -1.85. The highest BCUT2D eigenvalue weighted by molar-refractivity contribution is 7.80. The second-order valence-corrected chi connectivity index (χ2v) is 8.30. The minimum absolute atomic E-state index is 0.0907. The molecule has 0 aromatic heterocycles. The number of unbranched alkanes of at least 4 members (excludes halogenated alkanes) is 1. The van der Waals surface area contributed by atoms with Crippen molar-refractivity contribution in [2.75, 3.05) is 12.3 Å². The second-order valence-electron chi connectivity index (χ2n) is 7.93. The van der Waals surface area contributed by atoms with Crippen molar-refractivity contribution >= 4 is 36.3 Å². The zero-order chi connectivity index (χ0) is 23.4. The molecule has 0 radical (unpaired) electrons. The van der Waals surface area contributed by atoms with Crippen LogP contribution >= 0.6 is 12.6 Å². The highest BCUT2D eigenvalue weighted by Gasteiger charge is 2.32. The van der Waals surface area contributed by atoms with Crippen molar-refractivity contribution in [1.29, 1.82) is 0 Å². The molecule has 0 aliphatic carbocycles. The van der Waals surface area contributed by atoms with Crippen LogP contribution in [-0.4, -0.2) is 65.3 Å². The summed E-state index contributed by atoms with van der Waals surface area (Å²) in [5, 5.41) is 16.7. The number of hydrogen-bond donors (Lipinski definition) is 7. The summed E-state index contributed by atoms with van der Waals surface area (Å²) in [6.07, 6.45) is 1.91. The molecule has 0 spiro atoms. The molecule has 0 aromatic carbocycles. The van der Waals surface area contributed by atoms with Gasteiger partial charge in [0.15, 0.2) is 0 Å². The normalized spacial score (nSPS) is 15.2. The molecule has 0 saturated carbocycles. The maximum Gasteiger partial charge on any atom is 0.327 e. The number of rotatable bonds is 14. The summed E-state index contributed by atoms with van der Waals surface area (Å²) >= 11 is 3.92. The third-order valence-corrected chi connectivity index (χ3v) is 4.96. The summed E-state index contributed by atoms with van der Waals surface area (Å²) in [6, 6.07) is -3.81. The van der Waals surface area contributed by atoms with Crippen molar-refractivity contribution in [1.82, 2.24) is 16.0 Å². The Morgan fingerprint density at radius 2 is 1.33 bits per heavy atom. The summed E-state index contributed by atoms with van der Waals surface area (Å²) in [4.78, 5) is 48.8. The number of carboxylic acids is 1. The Labute approximate surface area is 183 Å². The van der Waals surface area contributed by atoms with Crippen molar-refractivity contribution in [2.45, 2.75) is 71.1 Å². The van der Waals surface area contributed by atoms with Crippen LogP contribution in [0.25, 0.3) is 0 Å². The number of carboxylic acid groups (broad SMARTS) is 1. The molecular formula is C19H37N5O5S. The van der Waals surface area contributed by atoms with Crippen molar-refractivity contribution in [3.63, 3.8) is 0 Å². The molecule has 0 rings (SSSR count). The number of carbonyl (C=O) groups is 4. The number of hydrogen-bond acceptors (Lipinski definition) is 7. The Kier molecular flexibility index (Phi) is 13.3. The topological polar surface area (TPSA) is 177 Å². The first-order valence-electron chi connectivity index (χ1n) is 10.2. The third-order valence-electron chi connectivity index (χ3n) is 4.60. The van der Waals surface area contributed by atoms with Crippen LogP contribution in [0.3, 0.4) is 0 Å². The summed E-state index contributed by atoms with van der Waals surface area (Å²) < 4.78 is 0. The molecule has 8 N–H and O–H groups in total. The van der Waals surface area contributed by atoms with Crippen LogP contribution in [0.15, 0.2) is 0 Å². The largest absolute Gasteiger partial charge is 0.480 e. The Bertz CT molecular complexity index is 588. The number of aliphatic carboxylic acids is 1. The number of nitrogens with one attached hydrogen (secondary N) is 3. The SMILES string of the molecule is CC(C)C(NC(=O)C(N)CCCCN)C(=O)NC(C(=O)NC(CS)C(=O)O)C(C)C. The summed E-state index contributed by atoms with van der Waals surface area (Å²) in [5.74, 6) is -3.51. The van der Waals surface area contributed by atoms with Crippen LogP contribution in [0.1, 0.15) is 47.0 Å². The lowest BCUT2D eigenvalue weighted by Crippen LogP contribution is -2.59. The van der Waals surface area contributed by atoms with Gasteiger partial charge in [-0.2, -0.15) is 12.6 Å². The van der Waals surface area contributed by atoms with Gasteiger partial charge < -0.3 is 32.5 Å². The highest BCUT2D eigenvalue weighted by Crippen LogP contribution is 2.08. The summed E-state index contributed by atoms with van der Waals surface area (Å²) in [5.41, 5.74) is 11.3. The van der Waals surface area contributed by atoms with E-state index in [1.807, 2.05) is 0 Å². The van der Waals surface area contributed by atoms with Gasteiger partial charge in [0, 0.05) is 5.75 Å². The molecule has 0 saturated heterocycles. The first kappa shape index (κ1) is 28.1.